The second-order valence-corrected chi connectivity index (χ2v) is 8.14. The first-order chi connectivity index (χ1) is 15.6. The third-order valence-electron chi connectivity index (χ3n) is 6.09. The smallest absolute Gasteiger partial charge is 0.274 e. The summed E-state index contributed by atoms with van der Waals surface area (Å²) in [5, 5.41) is 3.03. The van der Waals surface area contributed by atoms with Crippen molar-refractivity contribution in [2.75, 3.05) is 19.6 Å². The number of carbonyl (C=O) groups is 2. The molecule has 164 valence electrons. The minimum atomic E-state index is -0.550. The maximum atomic E-state index is 13.2. The van der Waals surface area contributed by atoms with Crippen LogP contribution in [0.3, 0.4) is 0 Å². The molecule has 32 heavy (non-hydrogen) atoms. The van der Waals surface area contributed by atoms with E-state index in [2.05, 4.69) is 38.5 Å². The summed E-state index contributed by atoms with van der Waals surface area (Å²) in [7, 11) is 0. The highest BCUT2D eigenvalue weighted by atomic mass is 16.2. The lowest BCUT2D eigenvalue weighted by molar-refractivity contribution is -0.133. The summed E-state index contributed by atoms with van der Waals surface area (Å²) in [5.74, 6) is -0.0804. The minimum Gasteiger partial charge on any atom is -0.356 e. The van der Waals surface area contributed by atoms with E-state index in [-0.39, 0.29) is 11.8 Å². The van der Waals surface area contributed by atoms with Gasteiger partial charge in [-0.05, 0) is 55.0 Å². The van der Waals surface area contributed by atoms with Crippen molar-refractivity contribution in [2.24, 2.45) is 5.41 Å². The van der Waals surface area contributed by atoms with Crippen molar-refractivity contribution in [3.05, 3.63) is 78.6 Å². The van der Waals surface area contributed by atoms with Gasteiger partial charge in [-0.3, -0.25) is 19.6 Å². The summed E-state index contributed by atoms with van der Waals surface area (Å²) in [6.45, 7) is 3.54. The van der Waals surface area contributed by atoms with Gasteiger partial charge in [0.15, 0.2) is 0 Å². The number of carbonyl (C=O) groups excluding carboxylic acids is 2. The molecule has 2 amide bonds. The second-order valence-electron chi connectivity index (χ2n) is 8.14. The molecule has 1 fully saturated rings. The van der Waals surface area contributed by atoms with E-state index in [0.717, 1.165) is 16.7 Å². The largest absolute Gasteiger partial charge is 0.356 e. The summed E-state index contributed by atoms with van der Waals surface area (Å²) in [6.07, 6.45) is 9.95. The molecule has 1 aliphatic heterocycles. The van der Waals surface area contributed by atoms with E-state index >= 15 is 0 Å². The number of pyridine rings is 1. The molecule has 1 N–H and O–H groups in total. The lowest BCUT2D eigenvalue weighted by Gasteiger charge is -2.40. The van der Waals surface area contributed by atoms with Crippen molar-refractivity contribution >= 4 is 11.8 Å². The number of amides is 2. The quantitative estimate of drug-likeness (QED) is 0.650. The van der Waals surface area contributed by atoms with Crippen molar-refractivity contribution in [1.29, 1.82) is 0 Å². The van der Waals surface area contributed by atoms with Gasteiger partial charge >= 0.3 is 0 Å². The highest BCUT2D eigenvalue weighted by Gasteiger charge is 2.42. The van der Waals surface area contributed by atoms with Gasteiger partial charge < -0.3 is 10.2 Å². The van der Waals surface area contributed by atoms with Gasteiger partial charge in [0.2, 0.25) is 5.91 Å². The minimum absolute atomic E-state index is 0.0564. The molecule has 1 saturated heterocycles. The monoisotopic (exact) mass is 429 g/mol. The Morgan fingerprint density at radius 3 is 2.47 bits per heavy atom. The van der Waals surface area contributed by atoms with E-state index in [9.17, 15) is 9.59 Å². The fourth-order valence-corrected chi connectivity index (χ4v) is 4.34. The highest BCUT2D eigenvalue weighted by Crippen LogP contribution is 2.37. The molecular formula is C25H27N5O2. The molecule has 0 bridgehead atoms. The molecule has 2 aromatic heterocycles. The molecule has 7 nitrogen and oxygen atoms in total. The first-order valence-corrected chi connectivity index (χ1v) is 10.9. The number of aromatic nitrogens is 3. The Morgan fingerprint density at radius 1 is 1.00 bits per heavy atom. The predicted octanol–water partition coefficient (Wildman–Crippen LogP) is 3.14. The van der Waals surface area contributed by atoms with E-state index in [1.807, 2.05) is 25.1 Å². The number of rotatable bonds is 6. The lowest BCUT2D eigenvalue weighted by atomic mass is 9.72. The first kappa shape index (κ1) is 21.6. The van der Waals surface area contributed by atoms with Crippen LogP contribution in [0, 0.1) is 5.41 Å². The third-order valence-corrected chi connectivity index (χ3v) is 6.09. The van der Waals surface area contributed by atoms with Gasteiger partial charge in [0, 0.05) is 44.4 Å². The topological polar surface area (TPSA) is 88.1 Å². The van der Waals surface area contributed by atoms with Gasteiger partial charge in [-0.25, -0.2) is 4.98 Å². The third kappa shape index (κ3) is 4.66. The number of benzene rings is 1. The molecule has 7 heteroatoms. The van der Waals surface area contributed by atoms with Crippen molar-refractivity contribution < 1.29 is 9.59 Å². The Bertz CT molecular complexity index is 1060. The number of likely N-dealkylation sites (tertiary alicyclic amines) is 1. The fourth-order valence-electron chi connectivity index (χ4n) is 4.34. The summed E-state index contributed by atoms with van der Waals surface area (Å²) < 4.78 is 0. The van der Waals surface area contributed by atoms with Crippen LogP contribution in [0.15, 0.2) is 67.4 Å². The summed E-state index contributed by atoms with van der Waals surface area (Å²) in [5.41, 5.74) is 3.10. The standard InChI is InChI=1S/C25H27N5O2/c1-2-28-24(32)25(8-14-30(15-9-25)23(31)22-18-27-12-13-29-22)17-19-4-3-5-21(16-19)20-6-10-26-11-7-20/h3-7,10-13,16,18H,2,8-9,14-15,17H2,1H3,(H,28,32). The summed E-state index contributed by atoms with van der Waals surface area (Å²) in [6, 6.07) is 12.3. The summed E-state index contributed by atoms with van der Waals surface area (Å²) in [4.78, 5) is 39.9. The maximum absolute atomic E-state index is 13.2. The van der Waals surface area contributed by atoms with Crippen molar-refractivity contribution in [3.63, 3.8) is 0 Å². The number of nitrogens with one attached hydrogen (secondary N) is 1. The van der Waals surface area contributed by atoms with Gasteiger partial charge in [0.25, 0.3) is 5.91 Å². The Labute approximate surface area is 187 Å². The molecule has 1 aromatic carbocycles. The summed E-state index contributed by atoms with van der Waals surface area (Å²) >= 11 is 0. The number of hydrogen-bond acceptors (Lipinski definition) is 5. The van der Waals surface area contributed by atoms with Crippen LogP contribution < -0.4 is 5.32 Å². The Morgan fingerprint density at radius 2 is 1.78 bits per heavy atom. The Balaban J connectivity index is 1.54. The highest BCUT2D eigenvalue weighted by molar-refractivity contribution is 5.92. The van der Waals surface area contributed by atoms with Crippen LogP contribution >= 0.6 is 0 Å². The van der Waals surface area contributed by atoms with Crippen LogP contribution in [0.2, 0.25) is 0 Å². The second kappa shape index (κ2) is 9.68. The van der Waals surface area contributed by atoms with Gasteiger partial charge in [0.05, 0.1) is 11.6 Å². The Kier molecular flexibility index (Phi) is 6.54. The molecule has 0 saturated carbocycles. The molecule has 0 aliphatic carbocycles. The molecule has 3 aromatic rings. The van der Waals surface area contributed by atoms with Crippen molar-refractivity contribution in [1.82, 2.24) is 25.2 Å². The molecule has 0 spiro atoms. The normalized spacial score (nSPS) is 15.2. The number of hydrogen-bond donors (Lipinski definition) is 1. The van der Waals surface area contributed by atoms with Crippen molar-refractivity contribution in [2.45, 2.75) is 26.2 Å². The molecule has 0 atom stereocenters. The SMILES string of the molecule is CCNC(=O)C1(Cc2cccc(-c3ccncc3)c2)CCN(C(=O)c2cnccn2)CC1. The van der Waals surface area contributed by atoms with Crippen LogP contribution in [0.5, 0.6) is 0 Å². The average molecular weight is 430 g/mol. The molecule has 4 rings (SSSR count). The zero-order valence-corrected chi connectivity index (χ0v) is 18.2. The van der Waals surface area contributed by atoms with E-state index in [1.54, 1.807) is 23.5 Å². The maximum Gasteiger partial charge on any atom is 0.274 e. The van der Waals surface area contributed by atoms with Crippen LogP contribution in [0.1, 0.15) is 35.8 Å². The molecule has 0 unspecified atom stereocenters. The molecular weight excluding hydrogens is 402 g/mol. The van der Waals surface area contributed by atoms with Crippen LogP contribution in [-0.2, 0) is 11.2 Å². The van der Waals surface area contributed by atoms with E-state index in [0.29, 0.717) is 44.6 Å². The fraction of sp³-hybridized carbons (Fsp3) is 0.320. The molecule has 3 heterocycles. The predicted molar refractivity (Wildman–Crippen MR) is 122 cm³/mol. The average Bonchev–Trinajstić information content (AvgIpc) is 2.85. The molecule has 0 radical (unpaired) electrons. The first-order valence-electron chi connectivity index (χ1n) is 10.9. The lowest BCUT2D eigenvalue weighted by Crippen LogP contribution is -2.51. The molecule has 1 aliphatic rings. The van der Waals surface area contributed by atoms with E-state index < -0.39 is 5.41 Å². The van der Waals surface area contributed by atoms with Crippen LogP contribution in [-0.4, -0.2) is 51.3 Å². The van der Waals surface area contributed by atoms with E-state index in [1.165, 1.54) is 12.4 Å². The zero-order valence-electron chi connectivity index (χ0n) is 18.2. The van der Waals surface area contributed by atoms with Gasteiger partial charge in [-0.15, -0.1) is 0 Å². The van der Waals surface area contributed by atoms with Gasteiger partial charge in [0.1, 0.15) is 5.69 Å². The number of nitrogens with zero attached hydrogens (tertiary/aromatic N) is 4. The van der Waals surface area contributed by atoms with Crippen LogP contribution in [0.25, 0.3) is 11.1 Å². The zero-order chi connectivity index (χ0) is 22.4. The van der Waals surface area contributed by atoms with Crippen LogP contribution in [0.4, 0.5) is 0 Å². The van der Waals surface area contributed by atoms with Gasteiger partial charge in [-0.2, -0.15) is 0 Å². The number of piperidine rings is 1. The van der Waals surface area contributed by atoms with Crippen molar-refractivity contribution in [3.8, 4) is 11.1 Å². The van der Waals surface area contributed by atoms with E-state index in [4.69, 9.17) is 0 Å². The Hall–Kier alpha value is -3.61. The van der Waals surface area contributed by atoms with Gasteiger partial charge in [-0.1, -0.05) is 24.3 Å².